The van der Waals surface area contributed by atoms with Crippen LogP contribution in [0.15, 0.2) is 78.9 Å². The van der Waals surface area contributed by atoms with Crippen molar-refractivity contribution in [2.45, 2.75) is 122 Å². The lowest BCUT2D eigenvalue weighted by atomic mass is 9.64. The summed E-state index contributed by atoms with van der Waals surface area (Å²) in [6, 6.07) is 25.5. The Balaban J connectivity index is 1.02. The highest BCUT2D eigenvalue weighted by atomic mass is 16.5. The van der Waals surface area contributed by atoms with E-state index in [1.165, 1.54) is 37.7 Å². The summed E-state index contributed by atoms with van der Waals surface area (Å²) >= 11 is 0. The molecule has 280 valence electrons. The zero-order chi connectivity index (χ0) is 36.8. The molecule has 0 amide bonds. The summed E-state index contributed by atoms with van der Waals surface area (Å²) in [5.74, 6) is 3.49. The third kappa shape index (κ3) is 9.10. The number of hydrogen-bond donors (Lipinski definition) is 0. The Labute approximate surface area is 316 Å². The van der Waals surface area contributed by atoms with E-state index >= 15 is 0 Å². The fourth-order valence-corrected chi connectivity index (χ4v) is 10.7. The summed E-state index contributed by atoms with van der Waals surface area (Å²) in [6.45, 7) is 1.91. The van der Waals surface area contributed by atoms with Crippen LogP contribution in [-0.2, 0) is 38.4 Å². The summed E-state index contributed by atoms with van der Waals surface area (Å²) in [4.78, 5) is 56.1. The molecule has 2 atom stereocenters. The number of ether oxygens (including phenoxy) is 1. The lowest BCUT2D eigenvalue weighted by molar-refractivity contribution is -0.142. The lowest BCUT2D eigenvalue weighted by Crippen LogP contribution is -2.41. The van der Waals surface area contributed by atoms with Crippen LogP contribution < -0.4 is 4.74 Å². The minimum atomic E-state index is -1.04. The molecule has 3 aromatic carbocycles. The summed E-state index contributed by atoms with van der Waals surface area (Å²) in [5.41, 5.74) is 2.20. The number of ketones is 4. The van der Waals surface area contributed by atoms with E-state index in [9.17, 15) is 19.2 Å². The van der Waals surface area contributed by atoms with Gasteiger partial charge in [0.15, 0.2) is 0 Å². The molecule has 4 aliphatic rings. The fourth-order valence-electron chi connectivity index (χ4n) is 10.7. The van der Waals surface area contributed by atoms with Gasteiger partial charge >= 0.3 is 0 Å². The topological polar surface area (TPSA) is 77.5 Å². The van der Waals surface area contributed by atoms with Crippen LogP contribution in [0.25, 0.3) is 0 Å². The molecule has 5 nitrogen and oxygen atoms in total. The largest absolute Gasteiger partial charge is 0.457 e. The van der Waals surface area contributed by atoms with E-state index < -0.39 is 5.41 Å². The number of para-hydroxylation sites is 2. The highest BCUT2D eigenvalue weighted by molar-refractivity contribution is 5.97. The molecule has 0 heterocycles. The minimum Gasteiger partial charge on any atom is -0.457 e. The molecule has 0 bridgehead atoms. The van der Waals surface area contributed by atoms with E-state index in [0.717, 1.165) is 74.8 Å². The molecule has 0 aromatic heterocycles. The van der Waals surface area contributed by atoms with Gasteiger partial charge in [0.1, 0.15) is 34.6 Å². The van der Waals surface area contributed by atoms with Gasteiger partial charge in [-0.15, -0.1) is 0 Å². The number of Topliss-reactive ketones (excluding diaryl/α,β-unsaturated/α-hetero) is 4. The molecule has 53 heavy (non-hydrogen) atoms. The number of fused-ring (bicyclic) bond motifs is 1. The third-order valence-electron chi connectivity index (χ3n) is 13.7. The summed E-state index contributed by atoms with van der Waals surface area (Å²) < 4.78 is 6.17. The van der Waals surface area contributed by atoms with Gasteiger partial charge in [0, 0.05) is 54.4 Å². The van der Waals surface area contributed by atoms with Crippen LogP contribution in [-0.4, -0.2) is 23.1 Å². The third-order valence-corrected chi connectivity index (χ3v) is 13.7. The van der Waals surface area contributed by atoms with Crippen LogP contribution in [0.4, 0.5) is 0 Å². The minimum absolute atomic E-state index is 0.0305. The van der Waals surface area contributed by atoms with Gasteiger partial charge < -0.3 is 4.74 Å². The van der Waals surface area contributed by atoms with Crippen molar-refractivity contribution in [3.05, 3.63) is 95.6 Å². The lowest BCUT2D eigenvalue weighted by Gasteiger charge is -2.39. The van der Waals surface area contributed by atoms with Crippen molar-refractivity contribution in [1.29, 1.82) is 0 Å². The average molecular weight is 715 g/mol. The molecule has 0 spiro atoms. The number of benzene rings is 3. The highest BCUT2D eigenvalue weighted by Crippen LogP contribution is 2.45. The summed E-state index contributed by atoms with van der Waals surface area (Å²) in [5, 5.41) is 0. The van der Waals surface area contributed by atoms with Gasteiger partial charge in [0.25, 0.3) is 0 Å². The second-order valence-electron chi connectivity index (χ2n) is 17.3. The Morgan fingerprint density at radius 2 is 1.25 bits per heavy atom. The molecule has 0 aliphatic heterocycles. The summed E-state index contributed by atoms with van der Waals surface area (Å²) in [7, 11) is 0. The van der Waals surface area contributed by atoms with Crippen molar-refractivity contribution in [3.63, 3.8) is 0 Å². The van der Waals surface area contributed by atoms with Gasteiger partial charge in [0.05, 0.1) is 0 Å². The van der Waals surface area contributed by atoms with Crippen LogP contribution >= 0.6 is 0 Å². The van der Waals surface area contributed by atoms with E-state index in [0.29, 0.717) is 35.5 Å². The zero-order valence-corrected chi connectivity index (χ0v) is 31.7. The van der Waals surface area contributed by atoms with E-state index in [2.05, 4.69) is 18.2 Å². The fraction of sp³-hybridized carbons (Fsp3) is 0.542. The molecule has 0 saturated heterocycles. The van der Waals surface area contributed by atoms with Gasteiger partial charge in [0.2, 0.25) is 0 Å². The van der Waals surface area contributed by atoms with Crippen LogP contribution in [0.3, 0.4) is 0 Å². The van der Waals surface area contributed by atoms with Crippen molar-refractivity contribution < 1.29 is 23.9 Å². The molecule has 0 radical (unpaired) electrons. The van der Waals surface area contributed by atoms with E-state index in [4.69, 9.17) is 4.74 Å². The Kier molecular flexibility index (Phi) is 12.1. The van der Waals surface area contributed by atoms with Gasteiger partial charge in [-0.3, -0.25) is 19.2 Å². The van der Waals surface area contributed by atoms with E-state index in [1.807, 2.05) is 67.6 Å². The van der Waals surface area contributed by atoms with Crippen molar-refractivity contribution in [3.8, 4) is 11.5 Å². The molecule has 3 fully saturated rings. The molecule has 3 aromatic rings. The molecule has 4 aliphatic carbocycles. The first-order valence-corrected chi connectivity index (χ1v) is 20.7. The Morgan fingerprint density at radius 1 is 0.642 bits per heavy atom. The maximum Gasteiger partial charge on any atom is 0.142 e. The molecule has 7 rings (SSSR count). The Bertz CT molecular complexity index is 1740. The van der Waals surface area contributed by atoms with Crippen molar-refractivity contribution in [1.82, 2.24) is 0 Å². The highest BCUT2D eigenvalue weighted by Gasteiger charge is 2.44. The predicted molar refractivity (Wildman–Crippen MR) is 209 cm³/mol. The molecule has 2 unspecified atom stereocenters. The number of rotatable bonds is 13. The monoisotopic (exact) mass is 714 g/mol. The molecule has 5 heteroatoms. The predicted octanol–water partition coefficient (Wildman–Crippen LogP) is 10.7. The van der Waals surface area contributed by atoms with Gasteiger partial charge in [-0.1, -0.05) is 99.7 Å². The van der Waals surface area contributed by atoms with Crippen LogP contribution in [0.1, 0.15) is 120 Å². The van der Waals surface area contributed by atoms with Crippen molar-refractivity contribution in [2.75, 3.05) is 0 Å². The molecule has 0 N–H and O–H groups in total. The Morgan fingerprint density at radius 3 is 1.98 bits per heavy atom. The van der Waals surface area contributed by atoms with Crippen LogP contribution in [0.5, 0.6) is 11.5 Å². The standard InChI is InChI=1S/C48H58O5/c1-48(47(52)37-26-20-34(21-27-37)33-12-4-2-5-13-33,31-41(49)28-40-16-10-11-19-46(40)53-42-17-6-3-7-18-42)32-45(51)36-24-22-35(23-25-36)43-29-38-14-8-9-15-39(38)30-44(43)50/h3,6-11,14-19,33-37,43H,2,4-5,12-13,20-32H2,1H3. The van der Waals surface area contributed by atoms with Gasteiger partial charge in [-0.25, -0.2) is 0 Å². The quantitative estimate of drug-likeness (QED) is 0.176. The first-order valence-electron chi connectivity index (χ1n) is 20.7. The maximum absolute atomic E-state index is 14.6. The van der Waals surface area contributed by atoms with E-state index in [1.54, 1.807) is 0 Å². The first-order chi connectivity index (χ1) is 25.8. The normalized spacial score (nSPS) is 26.2. The van der Waals surface area contributed by atoms with Gasteiger partial charge in [-0.05, 0) is 105 Å². The number of carbonyl (C=O) groups excluding carboxylic acids is 4. The molecular weight excluding hydrogens is 657 g/mol. The first kappa shape index (κ1) is 37.5. The number of carbonyl (C=O) groups is 4. The SMILES string of the molecule is CC(CC(=O)Cc1ccccc1Oc1ccccc1)(CC(=O)C1CCC(C2Cc3ccccc3CC2=O)CC1)C(=O)C1CCC(C2CCCCC2)CC1. The summed E-state index contributed by atoms with van der Waals surface area (Å²) in [6.07, 6.45) is 15.4. The molecule has 3 saturated carbocycles. The van der Waals surface area contributed by atoms with Crippen LogP contribution in [0, 0.1) is 40.9 Å². The second-order valence-corrected chi connectivity index (χ2v) is 17.3. The van der Waals surface area contributed by atoms with Gasteiger partial charge in [-0.2, -0.15) is 0 Å². The smallest absolute Gasteiger partial charge is 0.142 e. The maximum atomic E-state index is 14.6. The Hall–Kier alpha value is -3.86. The zero-order valence-electron chi connectivity index (χ0n) is 31.7. The second kappa shape index (κ2) is 17.1. The van der Waals surface area contributed by atoms with E-state index in [-0.39, 0.29) is 54.4 Å². The van der Waals surface area contributed by atoms with Crippen molar-refractivity contribution in [2.24, 2.45) is 40.9 Å². The van der Waals surface area contributed by atoms with Crippen LogP contribution in [0.2, 0.25) is 0 Å². The average Bonchev–Trinajstić information content (AvgIpc) is 3.19. The number of hydrogen-bond acceptors (Lipinski definition) is 5. The van der Waals surface area contributed by atoms with Crippen molar-refractivity contribution >= 4 is 23.1 Å². The molecular formula is C48H58O5.